The molecular formula is C30H31BrN4O4. The number of carboxylic acids is 1. The van der Waals surface area contributed by atoms with E-state index in [1.165, 1.54) is 0 Å². The molecule has 1 heterocycles. The van der Waals surface area contributed by atoms with Gasteiger partial charge in [0.05, 0.1) is 11.4 Å². The third-order valence-corrected chi connectivity index (χ3v) is 7.10. The Morgan fingerprint density at radius 3 is 2.44 bits per heavy atom. The molecule has 0 fully saturated rings. The summed E-state index contributed by atoms with van der Waals surface area (Å²) in [5.74, 6) is -1.67. The molecule has 1 unspecified atom stereocenters. The van der Waals surface area contributed by atoms with Gasteiger partial charge in [0.1, 0.15) is 5.92 Å². The third-order valence-electron chi connectivity index (χ3n) is 6.60. The highest BCUT2D eigenvalue weighted by atomic mass is 79.9. The summed E-state index contributed by atoms with van der Waals surface area (Å²) < 4.78 is 0.858. The van der Waals surface area contributed by atoms with Crippen molar-refractivity contribution in [2.75, 3.05) is 37.9 Å². The number of carbonyl (C=O) groups is 3. The average molecular weight is 592 g/mol. The minimum absolute atomic E-state index is 0.0128. The van der Waals surface area contributed by atoms with Gasteiger partial charge < -0.3 is 20.2 Å². The van der Waals surface area contributed by atoms with Crippen LogP contribution in [0.5, 0.6) is 0 Å². The van der Waals surface area contributed by atoms with Gasteiger partial charge in [-0.1, -0.05) is 40.2 Å². The molecule has 8 nitrogen and oxygen atoms in total. The fourth-order valence-corrected chi connectivity index (χ4v) is 4.82. The van der Waals surface area contributed by atoms with Crippen LogP contribution >= 0.6 is 15.9 Å². The van der Waals surface area contributed by atoms with Gasteiger partial charge in [0.15, 0.2) is 0 Å². The normalized spacial score (nSPS) is 14.7. The second-order valence-electron chi connectivity index (χ2n) is 9.77. The summed E-state index contributed by atoms with van der Waals surface area (Å²) in [6.07, 6.45) is 0.802. The Bertz CT molecular complexity index is 1420. The summed E-state index contributed by atoms with van der Waals surface area (Å²) in [4.78, 5) is 45.5. The highest BCUT2D eigenvalue weighted by molar-refractivity contribution is 9.10. The SMILES string of the molecule is CN(C)CCC(=O)N(C)c1ccc(N=C(c2cccc(CCC(=O)O)c2)C2C(=O)Nc3cc(Br)ccc32)cc1. The lowest BCUT2D eigenvalue weighted by Crippen LogP contribution is -2.29. The lowest BCUT2D eigenvalue weighted by Gasteiger charge is -2.19. The Balaban J connectivity index is 1.71. The first kappa shape index (κ1) is 28.2. The molecule has 0 radical (unpaired) electrons. The van der Waals surface area contributed by atoms with E-state index in [9.17, 15) is 14.4 Å². The standard InChI is InChI=1S/C30H31BrN4O4/c1-34(2)16-15-26(36)35(3)23-11-9-22(10-12-23)32-29(20-6-4-5-19(17-20)7-14-27(37)38)28-24-13-8-21(31)18-25(24)33-30(28)39/h4-6,8-13,17-18,28H,7,14-16H2,1-3H3,(H,33,39)(H,37,38). The van der Waals surface area contributed by atoms with E-state index in [4.69, 9.17) is 10.1 Å². The van der Waals surface area contributed by atoms with Gasteiger partial charge in [-0.2, -0.15) is 0 Å². The minimum atomic E-state index is -0.866. The van der Waals surface area contributed by atoms with Crippen molar-refractivity contribution in [2.45, 2.75) is 25.2 Å². The zero-order valence-corrected chi connectivity index (χ0v) is 23.7. The molecule has 4 rings (SSSR count). The highest BCUT2D eigenvalue weighted by Crippen LogP contribution is 2.38. The number of nitrogens with one attached hydrogen (secondary N) is 1. The van der Waals surface area contributed by atoms with Gasteiger partial charge in [-0.3, -0.25) is 19.4 Å². The van der Waals surface area contributed by atoms with E-state index in [2.05, 4.69) is 21.2 Å². The van der Waals surface area contributed by atoms with E-state index in [-0.39, 0.29) is 18.2 Å². The fourth-order valence-electron chi connectivity index (χ4n) is 4.46. The highest BCUT2D eigenvalue weighted by Gasteiger charge is 2.35. The van der Waals surface area contributed by atoms with Crippen molar-refractivity contribution in [3.05, 3.63) is 87.9 Å². The molecule has 0 spiro atoms. The number of amides is 2. The fraction of sp³-hybridized carbons (Fsp3) is 0.267. The van der Waals surface area contributed by atoms with Crippen LogP contribution in [0.25, 0.3) is 0 Å². The smallest absolute Gasteiger partial charge is 0.303 e. The molecule has 0 bridgehead atoms. The Morgan fingerprint density at radius 1 is 1.00 bits per heavy atom. The van der Waals surface area contributed by atoms with Gasteiger partial charge in [-0.15, -0.1) is 0 Å². The van der Waals surface area contributed by atoms with E-state index in [1.54, 1.807) is 11.9 Å². The second kappa shape index (κ2) is 12.4. The molecule has 1 aliphatic rings. The van der Waals surface area contributed by atoms with E-state index in [0.717, 1.165) is 32.5 Å². The number of aryl methyl sites for hydroxylation is 1. The Hall–Kier alpha value is -3.82. The van der Waals surface area contributed by atoms with E-state index in [1.807, 2.05) is 85.7 Å². The predicted molar refractivity (Wildman–Crippen MR) is 157 cm³/mol. The maximum absolute atomic E-state index is 13.2. The van der Waals surface area contributed by atoms with E-state index < -0.39 is 11.9 Å². The van der Waals surface area contributed by atoms with Crippen molar-refractivity contribution in [3.8, 4) is 0 Å². The van der Waals surface area contributed by atoms with Crippen molar-refractivity contribution in [2.24, 2.45) is 4.99 Å². The van der Waals surface area contributed by atoms with Gasteiger partial charge in [-0.25, -0.2) is 0 Å². The lowest BCUT2D eigenvalue weighted by molar-refractivity contribution is -0.137. The third kappa shape index (κ3) is 6.99. The first-order chi connectivity index (χ1) is 18.6. The maximum atomic E-state index is 13.2. The van der Waals surface area contributed by atoms with Crippen LogP contribution < -0.4 is 10.2 Å². The van der Waals surface area contributed by atoms with E-state index in [0.29, 0.717) is 30.8 Å². The molecule has 9 heteroatoms. The topological polar surface area (TPSA) is 102 Å². The summed E-state index contributed by atoms with van der Waals surface area (Å²) in [6, 6.07) is 20.5. The number of carbonyl (C=O) groups excluding carboxylic acids is 2. The number of carboxylic acid groups (broad SMARTS) is 1. The molecule has 39 heavy (non-hydrogen) atoms. The van der Waals surface area contributed by atoms with Crippen LogP contribution in [0, 0.1) is 0 Å². The van der Waals surface area contributed by atoms with Crippen LogP contribution in [0.15, 0.2) is 76.2 Å². The number of nitrogens with zero attached hydrogens (tertiary/aromatic N) is 3. The number of aliphatic carboxylic acids is 1. The van der Waals surface area contributed by atoms with Gasteiger partial charge in [0, 0.05) is 42.3 Å². The number of aliphatic imine (C=N–C) groups is 1. The lowest BCUT2D eigenvalue weighted by atomic mass is 9.89. The summed E-state index contributed by atoms with van der Waals surface area (Å²) in [7, 11) is 5.62. The molecule has 0 saturated heterocycles. The molecule has 0 aliphatic carbocycles. The Kier molecular flexibility index (Phi) is 8.93. The molecule has 3 aromatic rings. The Morgan fingerprint density at radius 2 is 1.74 bits per heavy atom. The van der Waals surface area contributed by atoms with Gasteiger partial charge in [0.2, 0.25) is 11.8 Å². The van der Waals surface area contributed by atoms with Crippen LogP contribution in [0.2, 0.25) is 0 Å². The second-order valence-corrected chi connectivity index (χ2v) is 10.7. The van der Waals surface area contributed by atoms with Crippen molar-refractivity contribution in [1.29, 1.82) is 0 Å². The van der Waals surface area contributed by atoms with Crippen molar-refractivity contribution < 1.29 is 19.5 Å². The number of halogens is 1. The molecule has 2 N–H and O–H groups in total. The molecular weight excluding hydrogens is 560 g/mol. The van der Waals surface area contributed by atoms with Crippen molar-refractivity contribution in [3.63, 3.8) is 0 Å². The largest absolute Gasteiger partial charge is 0.481 e. The molecule has 1 aliphatic heterocycles. The first-order valence-electron chi connectivity index (χ1n) is 12.6. The van der Waals surface area contributed by atoms with Crippen LogP contribution in [0.1, 0.15) is 35.4 Å². The zero-order valence-electron chi connectivity index (χ0n) is 22.1. The van der Waals surface area contributed by atoms with Gasteiger partial charge in [-0.05, 0) is 79.7 Å². The maximum Gasteiger partial charge on any atom is 0.303 e. The number of anilines is 2. The Labute approximate surface area is 236 Å². The number of rotatable bonds is 10. The molecule has 2 amide bonds. The van der Waals surface area contributed by atoms with Crippen LogP contribution in [-0.4, -0.2) is 61.2 Å². The number of fused-ring (bicyclic) bond motifs is 1. The van der Waals surface area contributed by atoms with Crippen LogP contribution in [0.4, 0.5) is 17.1 Å². The van der Waals surface area contributed by atoms with E-state index >= 15 is 0 Å². The quantitative estimate of drug-likeness (QED) is 0.314. The van der Waals surface area contributed by atoms with Crippen LogP contribution in [0.3, 0.4) is 0 Å². The van der Waals surface area contributed by atoms with Crippen LogP contribution in [-0.2, 0) is 20.8 Å². The molecule has 202 valence electrons. The van der Waals surface area contributed by atoms with Gasteiger partial charge in [0.25, 0.3) is 0 Å². The number of hydrogen-bond donors (Lipinski definition) is 2. The average Bonchev–Trinajstić information content (AvgIpc) is 3.23. The zero-order chi connectivity index (χ0) is 28.1. The molecule has 1 atom stereocenters. The molecule has 3 aromatic carbocycles. The van der Waals surface area contributed by atoms with Crippen molar-refractivity contribution in [1.82, 2.24) is 4.90 Å². The monoisotopic (exact) mass is 590 g/mol. The number of benzene rings is 3. The summed E-state index contributed by atoms with van der Waals surface area (Å²) in [6.45, 7) is 0.669. The van der Waals surface area contributed by atoms with Gasteiger partial charge >= 0.3 is 5.97 Å². The molecule has 0 saturated carbocycles. The predicted octanol–water partition coefficient (Wildman–Crippen LogP) is 5.24. The summed E-state index contributed by atoms with van der Waals surface area (Å²) >= 11 is 3.46. The minimum Gasteiger partial charge on any atom is -0.481 e. The summed E-state index contributed by atoms with van der Waals surface area (Å²) in [5, 5.41) is 12.1. The molecule has 0 aromatic heterocycles. The first-order valence-corrected chi connectivity index (χ1v) is 13.4. The number of hydrogen-bond acceptors (Lipinski definition) is 5. The summed E-state index contributed by atoms with van der Waals surface area (Å²) in [5.41, 5.74) is 5.09. The van der Waals surface area contributed by atoms with Crippen molar-refractivity contribution >= 4 is 56.5 Å².